The van der Waals surface area contributed by atoms with Crippen LogP contribution in [0.5, 0.6) is 0 Å². The Bertz CT molecular complexity index is 947. The number of hydrogen-bond donors (Lipinski definition) is 1. The first-order valence-corrected chi connectivity index (χ1v) is 10.7. The fourth-order valence-corrected chi connectivity index (χ4v) is 4.09. The molecule has 0 aliphatic carbocycles. The van der Waals surface area contributed by atoms with Gasteiger partial charge in [0.05, 0.1) is 18.5 Å². The molecule has 2 aliphatic rings. The van der Waals surface area contributed by atoms with Crippen LogP contribution in [0, 0.1) is 0 Å². The van der Waals surface area contributed by atoms with Gasteiger partial charge in [-0.3, -0.25) is 14.5 Å². The van der Waals surface area contributed by atoms with Gasteiger partial charge in [-0.2, -0.15) is 0 Å². The Morgan fingerprint density at radius 2 is 1.74 bits per heavy atom. The van der Waals surface area contributed by atoms with Crippen LogP contribution in [-0.4, -0.2) is 60.3 Å². The van der Waals surface area contributed by atoms with Crippen molar-refractivity contribution in [2.24, 2.45) is 0 Å². The van der Waals surface area contributed by atoms with Crippen LogP contribution < -0.4 is 5.32 Å². The third kappa shape index (κ3) is 5.30. The largest absolute Gasteiger partial charge is 0.453 e. The van der Waals surface area contributed by atoms with E-state index in [1.807, 2.05) is 47.4 Å². The quantitative estimate of drug-likeness (QED) is 0.723. The van der Waals surface area contributed by atoms with Gasteiger partial charge < -0.3 is 15.0 Å². The molecule has 1 unspecified atom stereocenters. The van der Waals surface area contributed by atoms with Gasteiger partial charge >= 0.3 is 5.97 Å². The monoisotopic (exact) mass is 421 g/mol. The number of carbonyl (C=O) groups is 3. The summed E-state index contributed by atoms with van der Waals surface area (Å²) in [7, 11) is 0. The molecule has 2 heterocycles. The van der Waals surface area contributed by atoms with Crippen LogP contribution in [-0.2, 0) is 20.9 Å². The van der Waals surface area contributed by atoms with E-state index < -0.39 is 6.10 Å². The molecule has 1 saturated heterocycles. The molecule has 0 radical (unpaired) electrons. The smallest absolute Gasteiger partial charge is 0.339 e. The number of hydrogen-bond acceptors (Lipinski definition) is 5. The van der Waals surface area contributed by atoms with Gasteiger partial charge in [-0.1, -0.05) is 48.5 Å². The van der Waals surface area contributed by atoms with Crippen molar-refractivity contribution in [3.63, 3.8) is 0 Å². The minimum Gasteiger partial charge on any atom is -0.453 e. The summed E-state index contributed by atoms with van der Waals surface area (Å²) in [5, 5.41) is 2.95. The Hall–Kier alpha value is -3.19. The highest BCUT2D eigenvalue weighted by Crippen LogP contribution is 2.33. The van der Waals surface area contributed by atoms with Gasteiger partial charge in [0.15, 0.2) is 0 Å². The second-order valence-corrected chi connectivity index (χ2v) is 7.96. The summed E-state index contributed by atoms with van der Waals surface area (Å²) in [4.78, 5) is 41.0. The lowest BCUT2D eigenvalue weighted by Crippen LogP contribution is -2.40. The van der Waals surface area contributed by atoms with Crippen LogP contribution in [0.3, 0.4) is 0 Å². The Kier molecular flexibility index (Phi) is 6.62. The molecule has 7 nitrogen and oxygen atoms in total. The first kappa shape index (κ1) is 21.1. The summed E-state index contributed by atoms with van der Waals surface area (Å²) < 4.78 is 5.41. The van der Waals surface area contributed by atoms with Crippen molar-refractivity contribution in [2.75, 3.05) is 32.7 Å². The van der Waals surface area contributed by atoms with Gasteiger partial charge in [0.1, 0.15) is 6.10 Å². The van der Waals surface area contributed by atoms with Crippen LogP contribution in [0.15, 0.2) is 54.6 Å². The molecule has 2 aliphatic heterocycles. The standard InChI is InChI=1S/C24H27N3O4/c28-22(25-16-18-7-2-1-3-8-18)17-26-11-6-12-27(14-13-26)23(29)15-21-19-9-4-5-10-20(19)24(30)31-21/h1-5,7-10,21H,6,11-17H2,(H,25,28). The summed E-state index contributed by atoms with van der Waals surface area (Å²) in [5.74, 6) is -0.403. The number of nitrogens with one attached hydrogen (secondary N) is 1. The Morgan fingerprint density at radius 1 is 0.968 bits per heavy atom. The van der Waals surface area contributed by atoms with E-state index in [0.717, 1.165) is 24.1 Å². The first-order valence-electron chi connectivity index (χ1n) is 10.7. The maximum absolute atomic E-state index is 12.8. The van der Waals surface area contributed by atoms with Crippen LogP contribution in [0.1, 0.15) is 40.4 Å². The molecule has 31 heavy (non-hydrogen) atoms. The number of rotatable bonds is 6. The second kappa shape index (κ2) is 9.75. The molecule has 1 fully saturated rings. The zero-order valence-electron chi connectivity index (χ0n) is 17.5. The summed E-state index contributed by atoms with van der Waals surface area (Å²) >= 11 is 0. The van der Waals surface area contributed by atoms with Crippen molar-refractivity contribution in [1.29, 1.82) is 0 Å². The van der Waals surface area contributed by atoms with Gasteiger partial charge in [-0.05, 0) is 18.1 Å². The normalized spacial score (nSPS) is 18.8. The molecule has 2 amide bonds. The summed E-state index contributed by atoms with van der Waals surface area (Å²) in [6.07, 6.45) is 0.443. The molecule has 0 bridgehead atoms. The highest BCUT2D eigenvalue weighted by molar-refractivity contribution is 5.94. The van der Waals surface area contributed by atoms with Crippen LogP contribution in [0.25, 0.3) is 0 Å². The van der Waals surface area contributed by atoms with Gasteiger partial charge in [0.2, 0.25) is 11.8 Å². The number of amides is 2. The minimum absolute atomic E-state index is 0.0156. The molecule has 0 spiro atoms. The van der Waals surface area contributed by atoms with Crippen molar-refractivity contribution in [2.45, 2.75) is 25.5 Å². The molecular formula is C24H27N3O4. The van der Waals surface area contributed by atoms with E-state index in [1.54, 1.807) is 12.1 Å². The lowest BCUT2D eigenvalue weighted by atomic mass is 10.0. The number of benzene rings is 2. The molecule has 162 valence electrons. The average molecular weight is 421 g/mol. The summed E-state index contributed by atoms with van der Waals surface area (Å²) in [6.45, 7) is 3.45. The SMILES string of the molecule is O=C(CN1CCCN(C(=O)CC2OC(=O)c3ccccc32)CC1)NCc1ccccc1. The maximum atomic E-state index is 12.8. The Morgan fingerprint density at radius 3 is 2.58 bits per heavy atom. The number of carbonyl (C=O) groups excluding carboxylic acids is 3. The van der Waals surface area contributed by atoms with E-state index in [-0.39, 0.29) is 24.2 Å². The topological polar surface area (TPSA) is 79.0 Å². The van der Waals surface area contributed by atoms with Crippen molar-refractivity contribution in [3.05, 3.63) is 71.3 Å². The fourth-order valence-electron chi connectivity index (χ4n) is 4.09. The van der Waals surface area contributed by atoms with E-state index in [2.05, 4.69) is 10.2 Å². The summed E-state index contributed by atoms with van der Waals surface area (Å²) in [5.41, 5.74) is 2.40. The maximum Gasteiger partial charge on any atom is 0.339 e. The molecule has 2 aromatic carbocycles. The zero-order valence-corrected chi connectivity index (χ0v) is 17.5. The van der Waals surface area contributed by atoms with Crippen LogP contribution >= 0.6 is 0 Å². The molecule has 1 N–H and O–H groups in total. The van der Waals surface area contributed by atoms with Gasteiger partial charge in [-0.15, -0.1) is 0 Å². The van der Waals surface area contributed by atoms with Gasteiger partial charge in [-0.25, -0.2) is 4.79 Å². The Labute approximate surface area is 182 Å². The number of fused-ring (bicyclic) bond motifs is 1. The number of ether oxygens (including phenoxy) is 1. The Balaban J connectivity index is 1.25. The number of nitrogens with zero attached hydrogens (tertiary/aromatic N) is 2. The van der Waals surface area contributed by atoms with Crippen molar-refractivity contribution >= 4 is 17.8 Å². The number of cyclic esters (lactones) is 1. The third-order valence-corrected chi connectivity index (χ3v) is 5.78. The number of esters is 1. The first-order chi connectivity index (χ1) is 15.1. The van der Waals surface area contributed by atoms with E-state index in [9.17, 15) is 14.4 Å². The molecule has 7 heteroatoms. The minimum atomic E-state index is -0.515. The van der Waals surface area contributed by atoms with Gasteiger partial charge in [0.25, 0.3) is 0 Å². The molecule has 4 rings (SSSR count). The van der Waals surface area contributed by atoms with E-state index in [0.29, 0.717) is 38.3 Å². The summed E-state index contributed by atoms with van der Waals surface area (Å²) in [6, 6.07) is 17.0. The lowest BCUT2D eigenvalue weighted by Gasteiger charge is -2.23. The third-order valence-electron chi connectivity index (χ3n) is 5.78. The van der Waals surface area contributed by atoms with Gasteiger partial charge in [0, 0.05) is 38.3 Å². The van der Waals surface area contributed by atoms with E-state index in [1.165, 1.54) is 0 Å². The van der Waals surface area contributed by atoms with Crippen molar-refractivity contribution < 1.29 is 19.1 Å². The molecule has 0 saturated carbocycles. The second-order valence-electron chi connectivity index (χ2n) is 7.96. The molecule has 1 atom stereocenters. The van der Waals surface area contributed by atoms with E-state index >= 15 is 0 Å². The predicted octanol–water partition coefficient (Wildman–Crippen LogP) is 2.14. The predicted molar refractivity (Wildman–Crippen MR) is 115 cm³/mol. The highest BCUT2D eigenvalue weighted by Gasteiger charge is 2.33. The van der Waals surface area contributed by atoms with Crippen molar-refractivity contribution in [3.8, 4) is 0 Å². The van der Waals surface area contributed by atoms with Crippen LogP contribution in [0.2, 0.25) is 0 Å². The van der Waals surface area contributed by atoms with Crippen molar-refractivity contribution in [1.82, 2.24) is 15.1 Å². The van der Waals surface area contributed by atoms with E-state index in [4.69, 9.17) is 4.74 Å². The van der Waals surface area contributed by atoms with Crippen LogP contribution in [0.4, 0.5) is 0 Å². The fraction of sp³-hybridized carbons (Fsp3) is 0.375. The molecule has 2 aromatic rings. The zero-order chi connectivity index (χ0) is 21.6. The molecule has 0 aromatic heterocycles. The average Bonchev–Trinajstić information content (AvgIpc) is 2.94. The highest BCUT2D eigenvalue weighted by atomic mass is 16.5. The molecular weight excluding hydrogens is 394 g/mol. The lowest BCUT2D eigenvalue weighted by molar-refractivity contribution is -0.133.